The minimum absolute atomic E-state index is 0.111. The van der Waals surface area contributed by atoms with E-state index in [2.05, 4.69) is 16.7 Å². The second-order valence-corrected chi connectivity index (χ2v) is 6.47. The van der Waals surface area contributed by atoms with Gasteiger partial charge < -0.3 is 14.4 Å². The number of β-amino-alcohol motifs (C(OH)–C–C–N with tert-alkyl or cyclic N) is 1. The van der Waals surface area contributed by atoms with Crippen LogP contribution in [0.1, 0.15) is 26.0 Å². The minimum Gasteiger partial charge on any atom is -0.467 e. The van der Waals surface area contributed by atoms with Crippen LogP contribution in [-0.4, -0.2) is 77.6 Å². The molecule has 0 saturated carbocycles. The molecule has 2 rings (SSSR count). The van der Waals surface area contributed by atoms with Gasteiger partial charge in [-0.3, -0.25) is 14.6 Å². The summed E-state index contributed by atoms with van der Waals surface area (Å²) in [5.74, 6) is 0.911. The maximum Gasteiger partial charge on any atom is 0.236 e. The van der Waals surface area contributed by atoms with Crippen molar-refractivity contribution in [2.45, 2.75) is 39.0 Å². The average Bonchev–Trinajstić information content (AvgIpc) is 3.01. The van der Waals surface area contributed by atoms with Crippen molar-refractivity contribution in [2.75, 3.05) is 39.8 Å². The molecule has 1 aromatic rings. The highest BCUT2D eigenvalue weighted by molar-refractivity contribution is 5.77. The quantitative estimate of drug-likeness (QED) is 0.812. The van der Waals surface area contributed by atoms with Crippen LogP contribution in [0.4, 0.5) is 0 Å². The summed E-state index contributed by atoms with van der Waals surface area (Å²) in [5.41, 5.74) is 0. The first-order chi connectivity index (χ1) is 11.0. The average molecular weight is 323 g/mol. The maximum absolute atomic E-state index is 12.4. The van der Waals surface area contributed by atoms with Crippen LogP contribution in [0, 0.1) is 0 Å². The van der Waals surface area contributed by atoms with Crippen molar-refractivity contribution in [3.05, 3.63) is 24.2 Å². The Kier molecular flexibility index (Phi) is 6.62. The Bertz CT molecular complexity index is 475. The maximum atomic E-state index is 12.4. The Morgan fingerprint density at radius 2 is 2.30 bits per heavy atom. The third kappa shape index (κ3) is 5.34. The first-order valence-corrected chi connectivity index (χ1v) is 8.40. The van der Waals surface area contributed by atoms with Gasteiger partial charge in [0.05, 0.1) is 25.5 Å². The Hall–Kier alpha value is -1.37. The van der Waals surface area contributed by atoms with E-state index in [-0.39, 0.29) is 12.0 Å². The highest BCUT2D eigenvalue weighted by atomic mass is 16.3. The van der Waals surface area contributed by atoms with E-state index in [4.69, 9.17) is 4.42 Å². The van der Waals surface area contributed by atoms with Crippen LogP contribution in [0.3, 0.4) is 0 Å². The van der Waals surface area contributed by atoms with Gasteiger partial charge in [0.15, 0.2) is 0 Å². The standard InChI is InChI=1S/C17H29N3O3/c1-4-15-11-19(7-8-20(15)10-14(2)21)13-17(22)18(3)12-16-6-5-9-23-16/h5-6,9,14-15,21H,4,7-8,10-13H2,1-3H3/t14-,15-/m0/s1. The lowest BCUT2D eigenvalue weighted by molar-refractivity contribution is -0.132. The van der Waals surface area contributed by atoms with Gasteiger partial charge in [0.2, 0.25) is 5.91 Å². The molecule has 1 N–H and O–H groups in total. The molecule has 6 nitrogen and oxygen atoms in total. The molecular weight excluding hydrogens is 294 g/mol. The topological polar surface area (TPSA) is 60.2 Å². The second kappa shape index (κ2) is 8.47. The van der Waals surface area contributed by atoms with E-state index in [1.54, 1.807) is 11.2 Å². The Morgan fingerprint density at radius 3 is 2.91 bits per heavy atom. The lowest BCUT2D eigenvalue weighted by Crippen LogP contribution is -2.56. The lowest BCUT2D eigenvalue weighted by Gasteiger charge is -2.41. The van der Waals surface area contributed by atoms with Crippen LogP contribution in [0.2, 0.25) is 0 Å². The van der Waals surface area contributed by atoms with Crippen molar-refractivity contribution >= 4 is 5.91 Å². The van der Waals surface area contributed by atoms with Crippen molar-refractivity contribution < 1.29 is 14.3 Å². The van der Waals surface area contributed by atoms with Crippen molar-refractivity contribution in [3.8, 4) is 0 Å². The van der Waals surface area contributed by atoms with E-state index in [1.807, 2.05) is 26.1 Å². The van der Waals surface area contributed by atoms with Crippen LogP contribution in [0.25, 0.3) is 0 Å². The van der Waals surface area contributed by atoms with Gasteiger partial charge in [-0.25, -0.2) is 0 Å². The van der Waals surface area contributed by atoms with Gasteiger partial charge in [-0.15, -0.1) is 0 Å². The normalized spacial score (nSPS) is 21.3. The molecule has 0 unspecified atom stereocenters. The number of nitrogens with zero attached hydrogens (tertiary/aromatic N) is 3. The number of hydrogen-bond acceptors (Lipinski definition) is 5. The molecule has 2 heterocycles. The first kappa shape index (κ1) is 18.0. The van der Waals surface area contributed by atoms with Gasteiger partial charge in [0.25, 0.3) is 0 Å². The summed E-state index contributed by atoms with van der Waals surface area (Å²) in [5, 5.41) is 9.60. The molecule has 0 spiro atoms. The number of likely N-dealkylation sites (N-methyl/N-ethyl adjacent to an activating group) is 1. The number of carbonyl (C=O) groups excluding carboxylic acids is 1. The fourth-order valence-corrected chi connectivity index (χ4v) is 3.10. The fraction of sp³-hybridized carbons (Fsp3) is 0.706. The van der Waals surface area contributed by atoms with Gasteiger partial charge in [0, 0.05) is 39.3 Å². The van der Waals surface area contributed by atoms with Crippen LogP contribution >= 0.6 is 0 Å². The molecule has 6 heteroatoms. The first-order valence-electron chi connectivity index (χ1n) is 8.40. The summed E-state index contributed by atoms with van der Waals surface area (Å²) in [7, 11) is 1.81. The third-order valence-corrected chi connectivity index (χ3v) is 4.42. The van der Waals surface area contributed by atoms with Crippen molar-refractivity contribution in [2.24, 2.45) is 0 Å². The van der Waals surface area contributed by atoms with Gasteiger partial charge in [-0.1, -0.05) is 6.92 Å². The molecular formula is C17H29N3O3. The molecule has 1 saturated heterocycles. The number of carbonyl (C=O) groups is 1. The highest BCUT2D eigenvalue weighted by Crippen LogP contribution is 2.14. The predicted octanol–water partition coefficient (Wildman–Crippen LogP) is 1.01. The molecule has 130 valence electrons. The summed E-state index contributed by atoms with van der Waals surface area (Å²) in [6.07, 6.45) is 2.34. The van der Waals surface area contributed by atoms with Crippen LogP contribution in [-0.2, 0) is 11.3 Å². The summed E-state index contributed by atoms with van der Waals surface area (Å²) < 4.78 is 5.29. The monoisotopic (exact) mass is 323 g/mol. The molecule has 1 aliphatic heterocycles. The summed E-state index contributed by atoms with van der Waals surface area (Å²) in [6.45, 7) is 8.28. The van der Waals surface area contributed by atoms with Crippen molar-refractivity contribution in [1.82, 2.24) is 14.7 Å². The van der Waals surface area contributed by atoms with Gasteiger partial charge in [-0.2, -0.15) is 0 Å². The van der Waals surface area contributed by atoms with Crippen molar-refractivity contribution in [1.29, 1.82) is 0 Å². The number of amides is 1. The van der Waals surface area contributed by atoms with Crippen molar-refractivity contribution in [3.63, 3.8) is 0 Å². The summed E-state index contributed by atoms with van der Waals surface area (Å²) in [6, 6.07) is 4.12. The smallest absolute Gasteiger partial charge is 0.236 e. The predicted molar refractivity (Wildman–Crippen MR) is 89.0 cm³/mol. The van der Waals surface area contributed by atoms with E-state index >= 15 is 0 Å². The van der Waals surface area contributed by atoms with E-state index in [0.717, 1.165) is 31.8 Å². The van der Waals surface area contributed by atoms with Gasteiger partial charge >= 0.3 is 0 Å². The number of piperazine rings is 1. The molecule has 23 heavy (non-hydrogen) atoms. The summed E-state index contributed by atoms with van der Waals surface area (Å²) in [4.78, 5) is 18.6. The van der Waals surface area contributed by atoms with E-state index in [9.17, 15) is 9.90 Å². The Balaban J connectivity index is 1.82. The van der Waals surface area contributed by atoms with Gasteiger partial charge in [-0.05, 0) is 25.5 Å². The number of aliphatic hydroxyl groups excluding tert-OH is 1. The number of furan rings is 1. The zero-order chi connectivity index (χ0) is 16.8. The largest absolute Gasteiger partial charge is 0.467 e. The van der Waals surface area contributed by atoms with E-state index in [1.165, 1.54) is 0 Å². The van der Waals surface area contributed by atoms with Crippen LogP contribution < -0.4 is 0 Å². The highest BCUT2D eigenvalue weighted by Gasteiger charge is 2.28. The fourth-order valence-electron chi connectivity index (χ4n) is 3.10. The van der Waals surface area contributed by atoms with E-state index < -0.39 is 0 Å². The SMILES string of the molecule is CC[C@H]1CN(CC(=O)N(C)Cc2ccco2)CCN1C[C@H](C)O. The number of aliphatic hydroxyl groups is 1. The molecule has 2 atom stereocenters. The number of hydrogen-bond donors (Lipinski definition) is 1. The molecule has 1 amide bonds. The minimum atomic E-state index is -0.309. The molecule has 0 bridgehead atoms. The molecule has 0 radical (unpaired) electrons. The zero-order valence-electron chi connectivity index (χ0n) is 14.4. The third-order valence-electron chi connectivity index (χ3n) is 4.42. The van der Waals surface area contributed by atoms with E-state index in [0.29, 0.717) is 25.7 Å². The second-order valence-electron chi connectivity index (χ2n) is 6.47. The Morgan fingerprint density at radius 1 is 1.52 bits per heavy atom. The van der Waals surface area contributed by atoms with Crippen LogP contribution in [0.15, 0.2) is 22.8 Å². The van der Waals surface area contributed by atoms with Crippen LogP contribution in [0.5, 0.6) is 0 Å². The lowest BCUT2D eigenvalue weighted by atomic mass is 10.1. The molecule has 1 fully saturated rings. The van der Waals surface area contributed by atoms with Gasteiger partial charge in [0.1, 0.15) is 5.76 Å². The number of rotatable bonds is 7. The molecule has 0 aliphatic carbocycles. The zero-order valence-corrected chi connectivity index (χ0v) is 14.4. The molecule has 1 aliphatic rings. The molecule has 0 aromatic carbocycles. The Labute approximate surface area is 138 Å². The molecule has 1 aromatic heterocycles. The summed E-state index contributed by atoms with van der Waals surface area (Å²) >= 11 is 0.